The van der Waals surface area contributed by atoms with E-state index in [4.69, 9.17) is 4.74 Å². The van der Waals surface area contributed by atoms with Crippen molar-refractivity contribution in [3.63, 3.8) is 0 Å². The number of piperidine rings is 1. The fraction of sp³-hybridized carbons (Fsp3) is 0.810. The van der Waals surface area contributed by atoms with Crippen LogP contribution < -0.4 is 5.32 Å². The van der Waals surface area contributed by atoms with E-state index in [-0.39, 0.29) is 29.9 Å². The second kappa shape index (κ2) is 7.08. The molecule has 0 unspecified atom stereocenters. The zero-order valence-electron chi connectivity index (χ0n) is 16.2. The van der Waals surface area contributed by atoms with Gasteiger partial charge in [-0.2, -0.15) is 0 Å². The Morgan fingerprint density at radius 1 is 1.27 bits per heavy atom. The molecule has 7 atom stereocenters. The van der Waals surface area contributed by atoms with E-state index in [0.29, 0.717) is 30.1 Å². The standard InChI is InChI=1S/C21H32N2O3/c1-4-12-11-23(2)17-9-15-13-7-5-6-8-16(13)22-20(15)18(24)10-14(12)19(17)21(25)26-3/h4,13-17,19-20,22H,5-11H2,1-3H3/b12-4+/t13-,14+,15+,16-,17+,19-,20+/m1/s1. The number of hydrogen-bond donors (Lipinski definition) is 1. The second-order valence-corrected chi connectivity index (χ2v) is 8.77. The highest BCUT2D eigenvalue weighted by Crippen LogP contribution is 2.47. The number of carbonyl (C=O) groups is 2. The molecule has 0 aromatic rings. The first-order valence-electron chi connectivity index (χ1n) is 10.3. The minimum atomic E-state index is -0.225. The van der Waals surface area contributed by atoms with Crippen LogP contribution in [0.1, 0.15) is 45.4 Å². The molecular weight excluding hydrogens is 328 g/mol. The lowest BCUT2D eigenvalue weighted by atomic mass is 9.65. The molecule has 5 nitrogen and oxygen atoms in total. The summed E-state index contributed by atoms with van der Waals surface area (Å²) in [5, 5.41) is 3.70. The smallest absolute Gasteiger partial charge is 0.310 e. The van der Waals surface area contributed by atoms with Crippen molar-refractivity contribution >= 4 is 11.8 Å². The first-order valence-corrected chi connectivity index (χ1v) is 10.3. The average molecular weight is 360 g/mol. The molecule has 2 aliphatic carbocycles. The number of likely N-dealkylation sites (tertiary alicyclic amines) is 1. The zero-order chi connectivity index (χ0) is 18.4. The molecule has 2 saturated carbocycles. The molecule has 1 N–H and O–H groups in total. The molecular formula is C21H32N2O3. The molecule has 144 valence electrons. The molecule has 0 aromatic carbocycles. The maximum Gasteiger partial charge on any atom is 0.310 e. The molecule has 4 fully saturated rings. The largest absolute Gasteiger partial charge is 0.469 e. The highest BCUT2D eigenvalue weighted by Gasteiger charge is 2.54. The molecule has 0 aromatic heterocycles. The minimum absolute atomic E-state index is 0.00784. The Labute approximate surface area is 156 Å². The molecule has 2 saturated heterocycles. The van der Waals surface area contributed by atoms with E-state index in [1.807, 2.05) is 6.92 Å². The Hall–Kier alpha value is -1.20. The van der Waals surface area contributed by atoms with Crippen molar-refractivity contribution < 1.29 is 14.3 Å². The third-order valence-electron chi connectivity index (χ3n) is 7.64. The molecule has 0 amide bonds. The quantitative estimate of drug-likeness (QED) is 0.574. The second-order valence-electron chi connectivity index (χ2n) is 8.77. The van der Waals surface area contributed by atoms with Crippen LogP contribution in [0.4, 0.5) is 0 Å². The maximum atomic E-state index is 13.2. The fourth-order valence-corrected chi connectivity index (χ4v) is 6.39. The summed E-state index contributed by atoms with van der Waals surface area (Å²) >= 11 is 0. The van der Waals surface area contributed by atoms with Crippen molar-refractivity contribution in [3.8, 4) is 0 Å². The van der Waals surface area contributed by atoms with Crippen molar-refractivity contribution in [1.82, 2.24) is 10.2 Å². The Balaban J connectivity index is 1.72. The Kier molecular flexibility index (Phi) is 4.95. The van der Waals surface area contributed by atoms with Gasteiger partial charge in [-0.15, -0.1) is 0 Å². The summed E-state index contributed by atoms with van der Waals surface area (Å²) in [6.07, 6.45) is 8.44. The molecule has 4 rings (SSSR count). The van der Waals surface area contributed by atoms with Crippen LogP contribution in [0.5, 0.6) is 0 Å². The Morgan fingerprint density at radius 3 is 2.77 bits per heavy atom. The van der Waals surface area contributed by atoms with Gasteiger partial charge in [-0.1, -0.05) is 24.5 Å². The Bertz CT molecular complexity index is 616. The van der Waals surface area contributed by atoms with Gasteiger partial charge in [-0.25, -0.2) is 0 Å². The lowest BCUT2D eigenvalue weighted by Crippen LogP contribution is -2.56. The topological polar surface area (TPSA) is 58.6 Å². The van der Waals surface area contributed by atoms with E-state index in [1.165, 1.54) is 38.4 Å². The van der Waals surface area contributed by atoms with Crippen molar-refractivity contribution in [1.29, 1.82) is 0 Å². The predicted molar refractivity (Wildman–Crippen MR) is 99.6 cm³/mol. The zero-order valence-corrected chi connectivity index (χ0v) is 16.2. The van der Waals surface area contributed by atoms with Crippen LogP contribution in [-0.4, -0.2) is 55.5 Å². The summed E-state index contributed by atoms with van der Waals surface area (Å²) in [5.74, 6) is 0.877. The molecule has 5 heteroatoms. The minimum Gasteiger partial charge on any atom is -0.469 e. The lowest BCUT2D eigenvalue weighted by Gasteiger charge is -2.47. The number of allylic oxidation sites excluding steroid dienone is 1. The number of likely N-dealkylation sites (N-methyl/N-ethyl adjacent to an activating group) is 1. The number of carbonyl (C=O) groups excluding carboxylic acids is 2. The predicted octanol–water partition coefficient (Wildman–Crippen LogP) is 2.16. The number of nitrogens with one attached hydrogen (secondary N) is 1. The number of nitrogens with zero attached hydrogens (tertiary/aromatic N) is 1. The van der Waals surface area contributed by atoms with Crippen LogP contribution in [0.3, 0.4) is 0 Å². The first-order chi connectivity index (χ1) is 12.5. The number of ether oxygens (including phenoxy) is 1. The fourth-order valence-electron chi connectivity index (χ4n) is 6.39. The van der Waals surface area contributed by atoms with E-state index in [0.717, 1.165) is 13.0 Å². The van der Waals surface area contributed by atoms with Crippen LogP contribution in [0.2, 0.25) is 0 Å². The molecule has 2 aliphatic heterocycles. The number of ketones is 1. The number of fused-ring (bicyclic) bond motifs is 5. The van der Waals surface area contributed by atoms with Gasteiger partial charge in [0.2, 0.25) is 0 Å². The Morgan fingerprint density at radius 2 is 2.04 bits per heavy atom. The SMILES string of the molecule is C/C=C1\CN(C)[C@H]2C[C@H]3[C@H]4CCCC[C@H]4N[C@@H]3C(=O)C[C@@H]1[C@H]2C(=O)OC. The van der Waals surface area contributed by atoms with E-state index in [2.05, 4.69) is 23.3 Å². The summed E-state index contributed by atoms with van der Waals surface area (Å²) in [6.45, 7) is 2.87. The van der Waals surface area contributed by atoms with E-state index >= 15 is 0 Å². The molecule has 2 heterocycles. The van der Waals surface area contributed by atoms with Gasteiger partial charge in [0.1, 0.15) is 0 Å². The van der Waals surface area contributed by atoms with Crippen molar-refractivity contribution in [2.45, 2.75) is 63.6 Å². The number of rotatable bonds is 1. The monoisotopic (exact) mass is 360 g/mol. The normalized spacial score (nSPS) is 44.8. The van der Waals surface area contributed by atoms with Gasteiger partial charge in [0.15, 0.2) is 5.78 Å². The van der Waals surface area contributed by atoms with Gasteiger partial charge in [-0.05, 0) is 45.1 Å². The highest BCUT2D eigenvalue weighted by molar-refractivity contribution is 5.87. The summed E-state index contributed by atoms with van der Waals surface area (Å²) in [4.78, 5) is 28.3. The number of hydrogen-bond acceptors (Lipinski definition) is 5. The highest BCUT2D eigenvalue weighted by atomic mass is 16.5. The van der Waals surface area contributed by atoms with E-state index < -0.39 is 0 Å². The van der Waals surface area contributed by atoms with Crippen LogP contribution in [0.25, 0.3) is 0 Å². The maximum absolute atomic E-state index is 13.2. The molecule has 2 bridgehead atoms. The van der Waals surface area contributed by atoms with Crippen molar-refractivity contribution in [2.75, 3.05) is 20.7 Å². The molecule has 0 spiro atoms. The van der Waals surface area contributed by atoms with Crippen LogP contribution in [-0.2, 0) is 14.3 Å². The summed E-state index contributed by atoms with van der Waals surface area (Å²) in [7, 11) is 3.60. The van der Waals surface area contributed by atoms with Gasteiger partial charge in [0.05, 0.1) is 19.1 Å². The van der Waals surface area contributed by atoms with Gasteiger partial charge < -0.3 is 10.1 Å². The van der Waals surface area contributed by atoms with Gasteiger partial charge in [-0.3, -0.25) is 14.5 Å². The van der Waals surface area contributed by atoms with Gasteiger partial charge in [0, 0.05) is 31.0 Å². The van der Waals surface area contributed by atoms with E-state index in [1.54, 1.807) is 0 Å². The number of methoxy groups -OCH3 is 1. The molecule has 26 heavy (non-hydrogen) atoms. The molecule has 4 aliphatic rings. The van der Waals surface area contributed by atoms with Crippen molar-refractivity contribution in [3.05, 3.63) is 11.6 Å². The average Bonchev–Trinajstić information content (AvgIpc) is 3.01. The lowest BCUT2D eigenvalue weighted by molar-refractivity contribution is -0.152. The van der Waals surface area contributed by atoms with Gasteiger partial charge in [0.25, 0.3) is 0 Å². The van der Waals surface area contributed by atoms with Gasteiger partial charge >= 0.3 is 5.97 Å². The van der Waals surface area contributed by atoms with Crippen LogP contribution >= 0.6 is 0 Å². The van der Waals surface area contributed by atoms with Crippen LogP contribution in [0.15, 0.2) is 11.6 Å². The summed E-state index contributed by atoms with van der Waals surface area (Å²) < 4.78 is 5.20. The van der Waals surface area contributed by atoms with Crippen molar-refractivity contribution in [2.24, 2.45) is 23.7 Å². The number of esters is 1. The third-order valence-corrected chi connectivity index (χ3v) is 7.64. The molecule has 0 radical (unpaired) electrons. The van der Waals surface area contributed by atoms with Crippen LogP contribution in [0, 0.1) is 23.7 Å². The number of Topliss-reactive ketones (excluding diaryl/α,β-unsaturated/α-hetero) is 1. The summed E-state index contributed by atoms with van der Waals surface area (Å²) in [5.41, 5.74) is 1.21. The summed E-state index contributed by atoms with van der Waals surface area (Å²) in [6, 6.07) is 0.638. The van der Waals surface area contributed by atoms with E-state index in [9.17, 15) is 9.59 Å². The third kappa shape index (κ3) is 2.84. The first kappa shape index (κ1) is 18.2.